The highest BCUT2D eigenvalue weighted by atomic mass is 79.9. The molecule has 0 aliphatic carbocycles. The third-order valence-electron chi connectivity index (χ3n) is 4.49. The maximum absolute atomic E-state index is 12.6. The number of halogens is 1. The van der Waals surface area contributed by atoms with Gasteiger partial charge in [0.2, 0.25) is 0 Å². The summed E-state index contributed by atoms with van der Waals surface area (Å²) in [5.74, 6) is 0.570. The Labute approximate surface area is 186 Å². The minimum absolute atomic E-state index is 0.0328. The molecule has 0 atom stereocenters. The Morgan fingerprint density at radius 2 is 2.00 bits per heavy atom. The van der Waals surface area contributed by atoms with Crippen molar-refractivity contribution in [3.63, 3.8) is 0 Å². The Morgan fingerprint density at radius 3 is 2.73 bits per heavy atom. The molecule has 7 nitrogen and oxygen atoms in total. The van der Waals surface area contributed by atoms with Crippen molar-refractivity contribution in [3.05, 3.63) is 52.3 Å². The van der Waals surface area contributed by atoms with Crippen molar-refractivity contribution in [1.29, 1.82) is 0 Å². The SMILES string of the molecule is CCCN1C(=O)COc2ccc(-c3csc(NS(=O)(=O)c4ccc(Br)cc4)n3)cc21. The van der Waals surface area contributed by atoms with E-state index in [1.165, 1.54) is 23.5 Å². The smallest absolute Gasteiger partial charge is 0.265 e. The van der Waals surface area contributed by atoms with Gasteiger partial charge in [0.05, 0.1) is 16.3 Å². The zero-order valence-electron chi connectivity index (χ0n) is 16.0. The fourth-order valence-electron chi connectivity index (χ4n) is 3.07. The Balaban J connectivity index is 1.60. The maximum Gasteiger partial charge on any atom is 0.265 e. The molecule has 156 valence electrons. The van der Waals surface area contributed by atoms with Gasteiger partial charge in [-0.25, -0.2) is 13.4 Å². The minimum Gasteiger partial charge on any atom is -0.482 e. The largest absolute Gasteiger partial charge is 0.482 e. The topological polar surface area (TPSA) is 88.6 Å². The number of hydrogen-bond acceptors (Lipinski definition) is 6. The number of amides is 1. The number of rotatable bonds is 6. The maximum atomic E-state index is 12.6. The van der Waals surface area contributed by atoms with E-state index in [9.17, 15) is 13.2 Å². The number of fused-ring (bicyclic) bond motifs is 1. The predicted molar refractivity (Wildman–Crippen MR) is 121 cm³/mol. The Kier molecular flexibility index (Phi) is 5.81. The molecule has 0 radical (unpaired) electrons. The van der Waals surface area contributed by atoms with Gasteiger partial charge in [-0.2, -0.15) is 0 Å². The molecule has 1 aliphatic rings. The molecule has 3 aromatic rings. The van der Waals surface area contributed by atoms with E-state index in [0.29, 0.717) is 23.7 Å². The number of thiazole rings is 1. The van der Waals surface area contributed by atoms with Gasteiger partial charge in [0, 0.05) is 22.0 Å². The molecule has 2 heterocycles. The molecule has 1 amide bonds. The van der Waals surface area contributed by atoms with Gasteiger partial charge < -0.3 is 9.64 Å². The van der Waals surface area contributed by atoms with Crippen LogP contribution in [0.15, 0.2) is 57.2 Å². The van der Waals surface area contributed by atoms with Gasteiger partial charge in [-0.3, -0.25) is 9.52 Å². The first-order valence-electron chi connectivity index (χ1n) is 9.19. The standard InChI is InChI=1S/C20H18BrN3O4S2/c1-2-9-24-17-10-13(3-8-18(17)28-11-19(24)25)16-12-29-20(22-16)23-30(26,27)15-6-4-14(21)5-7-15/h3-8,10,12H,2,9,11H2,1H3,(H,22,23). The minimum atomic E-state index is -3.73. The second-order valence-electron chi connectivity index (χ2n) is 6.61. The third-order valence-corrected chi connectivity index (χ3v) is 7.27. The van der Waals surface area contributed by atoms with E-state index in [1.807, 2.05) is 25.1 Å². The number of hydrogen-bond donors (Lipinski definition) is 1. The summed E-state index contributed by atoms with van der Waals surface area (Å²) in [5, 5.41) is 2.04. The van der Waals surface area contributed by atoms with Crippen LogP contribution in [0.2, 0.25) is 0 Å². The van der Waals surface area contributed by atoms with Crippen LogP contribution in [0.5, 0.6) is 5.75 Å². The fourth-order valence-corrected chi connectivity index (χ4v) is 5.31. The fraction of sp³-hybridized carbons (Fsp3) is 0.200. The molecule has 0 saturated heterocycles. The number of aromatic nitrogens is 1. The summed E-state index contributed by atoms with van der Waals surface area (Å²) in [4.78, 5) is 18.5. The van der Waals surface area contributed by atoms with Crippen LogP contribution < -0.4 is 14.4 Å². The van der Waals surface area contributed by atoms with Crippen molar-refractivity contribution in [3.8, 4) is 17.0 Å². The highest BCUT2D eigenvalue weighted by molar-refractivity contribution is 9.10. The molecule has 2 aromatic carbocycles. The number of carbonyl (C=O) groups excluding carboxylic acids is 1. The average Bonchev–Trinajstić information content (AvgIpc) is 3.18. The lowest BCUT2D eigenvalue weighted by molar-refractivity contribution is -0.121. The summed E-state index contributed by atoms with van der Waals surface area (Å²) < 4.78 is 34.0. The van der Waals surface area contributed by atoms with Crippen molar-refractivity contribution in [2.75, 3.05) is 22.8 Å². The molecule has 10 heteroatoms. The average molecular weight is 508 g/mol. The zero-order chi connectivity index (χ0) is 21.3. The second-order valence-corrected chi connectivity index (χ2v) is 10.1. The Morgan fingerprint density at radius 1 is 1.23 bits per heavy atom. The zero-order valence-corrected chi connectivity index (χ0v) is 19.2. The summed E-state index contributed by atoms with van der Waals surface area (Å²) in [7, 11) is -3.73. The van der Waals surface area contributed by atoms with Crippen LogP contribution in [0.3, 0.4) is 0 Å². The molecule has 1 N–H and O–H groups in total. The summed E-state index contributed by atoms with van der Waals surface area (Å²) in [6, 6.07) is 11.9. The van der Waals surface area contributed by atoms with E-state index < -0.39 is 10.0 Å². The highest BCUT2D eigenvalue weighted by Crippen LogP contribution is 2.37. The molecule has 0 spiro atoms. The Bertz CT molecular complexity index is 1190. The second kappa shape index (κ2) is 8.37. The lowest BCUT2D eigenvalue weighted by Crippen LogP contribution is -2.39. The van der Waals surface area contributed by atoms with Crippen molar-refractivity contribution >= 4 is 54.0 Å². The van der Waals surface area contributed by atoms with Gasteiger partial charge in [-0.15, -0.1) is 11.3 Å². The van der Waals surface area contributed by atoms with E-state index in [1.54, 1.807) is 22.4 Å². The third kappa shape index (κ3) is 4.21. The first-order chi connectivity index (χ1) is 14.4. The lowest BCUT2D eigenvalue weighted by atomic mass is 10.1. The number of nitrogens with zero attached hydrogens (tertiary/aromatic N) is 2. The van der Waals surface area contributed by atoms with Crippen LogP contribution in [-0.2, 0) is 14.8 Å². The van der Waals surface area contributed by atoms with Crippen LogP contribution in [0, 0.1) is 0 Å². The summed E-state index contributed by atoms with van der Waals surface area (Å²) in [5.41, 5.74) is 2.10. The molecule has 1 aromatic heterocycles. The molecule has 0 saturated carbocycles. The van der Waals surface area contributed by atoms with Gasteiger partial charge in [0.15, 0.2) is 11.7 Å². The van der Waals surface area contributed by atoms with Gasteiger partial charge in [-0.1, -0.05) is 22.9 Å². The quantitative estimate of drug-likeness (QED) is 0.530. The molecule has 4 rings (SSSR count). The van der Waals surface area contributed by atoms with Crippen LogP contribution in [-0.4, -0.2) is 32.5 Å². The summed E-state index contributed by atoms with van der Waals surface area (Å²) in [6.45, 7) is 2.65. The number of anilines is 2. The molecular formula is C20H18BrN3O4S2. The van der Waals surface area contributed by atoms with Crippen LogP contribution in [0.1, 0.15) is 13.3 Å². The van der Waals surface area contributed by atoms with Gasteiger partial charge >= 0.3 is 0 Å². The number of benzene rings is 2. The van der Waals surface area contributed by atoms with E-state index in [0.717, 1.165) is 16.5 Å². The molecule has 0 bridgehead atoms. The van der Waals surface area contributed by atoms with E-state index >= 15 is 0 Å². The lowest BCUT2D eigenvalue weighted by Gasteiger charge is -2.29. The van der Waals surface area contributed by atoms with Gasteiger partial charge in [0.1, 0.15) is 5.75 Å². The van der Waals surface area contributed by atoms with Crippen molar-refractivity contribution < 1.29 is 17.9 Å². The molecule has 0 unspecified atom stereocenters. The molecular weight excluding hydrogens is 490 g/mol. The summed E-state index contributed by atoms with van der Waals surface area (Å²) in [6.07, 6.45) is 0.827. The molecule has 1 aliphatic heterocycles. The van der Waals surface area contributed by atoms with Crippen molar-refractivity contribution in [2.24, 2.45) is 0 Å². The molecule has 0 fully saturated rings. The van der Waals surface area contributed by atoms with E-state index in [4.69, 9.17) is 4.74 Å². The monoisotopic (exact) mass is 507 g/mol. The van der Waals surface area contributed by atoms with Gasteiger partial charge in [-0.05, 0) is 48.9 Å². The first kappa shape index (κ1) is 20.8. The number of ether oxygens (including phenoxy) is 1. The van der Waals surface area contributed by atoms with Crippen LogP contribution >= 0.6 is 27.3 Å². The van der Waals surface area contributed by atoms with Crippen molar-refractivity contribution in [1.82, 2.24) is 4.98 Å². The van der Waals surface area contributed by atoms with Gasteiger partial charge in [0.25, 0.3) is 15.9 Å². The van der Waals surface area contributed by atoms with E-state index in [-0.39, 0.29) is 22.5 Å². The molecule has 30 heavy (non-hydrogen) atoms. The number of nitrogens with one attached hydrogen (secondary N) is 1. The predicted octanol–water partition coefficient (Wildman–Crippen LogP) is 4.51. The van der Waals surface area contributed by atoms with E-state index in [2.05, 4.69) is 25.6 Å². The highest BCUT2D eigenvalue weighted by Gasteiger charge is 2.25. The van der Waals surface area contributed by atoms with Crippen LogP contribution in [0.25, 0.3) is 11.3 Å². The normalized spacial score (nSPS) is 13.7. The number of carbonyl (C=O) groups is 1. The van der Waals surface area contributed by atoms with Crippen LogP contribution in [0.4, 0.5) is 10.8 Å². The Hall–Kier alpha value is -2.43. The number of sulfonamides is 1. The summed E-state index contributed by atoms with van der Waals surface area (Å²) >= 11 is 4.49. The first-order valence-corrected chi connectivity index (χ1v) is 12.3. The van der Waals surface area contributed by atoms with Crippen molar-refractivity contribution in [2.45, 2.75) is 18.2 Å².